The van der Waals surface area contributed by atoms with E-state index < -0.39 is 18.0 Å². The second-order valence-corrected chi connectivity index (χ2v) is 7.88. The molecule has 3 amide bonds. The van der Waals surface area contributed by atoms with Gasteiger partial charge in [0.15, 0.2) is 0 Å². The first-order valence-corrected chi connectivity index (χ1v) is 11.6. The topological polar surface area (TPSA) is 111 Å². The summed E-state index contributed by atoms with van der Waals surface area (Å²) in [6, 6.07) is 8.91. The van der Waals surface area contributed by atoms with Gasteiger partial charge in [-0.1, -0.05) is 82.2 Å². The molecule has 7 heteroatoms. The fraction of sp³-hybridized carbons (Fsp3) is 0.625. The Morgan fingerprint density at radius 3 is 2.32 bits per heavy atom. The van der Waals surface area contributed by atoms with Crippen molar-refractivity contribution in [2.24, 2.45) is 5.73 Å². The highest BCUT2D eigenvalue weighted by molar-refractivity contribution is 5.86. The Balaban J connectivity index is 2.06. The third-order valence-corrected chi connectivity index (χ3v) is 5.09. The molecule has 0 saturated carbocycles. The van der Waals surface area contributed by atoms with E-state index in [0.717, 1.165) is 37.7 Å². The lowest BCUT2D eigenvalue weighted by Crippen LogP contribution is -2.44. The van der Waals surface area contributed by atoms with Crippen molar-refractivity contribution >= 4 is 17.9 Å². The summed E-state index contributed by atoms with van der Waals surface area (Å²) in [6.07, 6.45) is 9.50. The Labute approximate surface area is 186 Å². The van der Waals surface area contributed by atoms with E-state index in [2.05, 4.69) is 17.6 Å². The van der Waals surface area contributed by atoms with Crippen LogP contribution in [0.5, 0.6) is 0 Å². The minimum atomic E-state index is -0.584. The van der Waals surface area contributed by atoms with E-state index in [0.29, 0.717) is 25.8 Å². The van der Waals surface area contributed by atoms with Crippen LogP contribution in [0.15, 0.2) is 30.3 Å². The number of rotatable bonds is 17. The average molecular weight is 434 g/mol. The third kappa shape index (κ3) is 14.1. The summed E-state index contributed by atoms with van der Waals surface area (Å²) in [7, 11) is 0. The predicted molar refractivity (Wildman–Crippen MR) is 122 cm³/mol. The van der Waals surface area contributed by atoms with Crippen LogP contribution in [0.1, 0.15) is 83.1 Å². The molecule has 0 aliphatic heterocycles. The SMILES string of the molecule is CCCCCCCC[C@@H](NC(=O)CCCCCNC(=O)OCc1ccccc1)C(N)=O. The van der Waals surface area contributed by atoms with Crippen molar-refractivity contribution in [2.45, 2.75) is 90.2 Å². The van der Waals surface area contributed by atoms with Gasteiger partial charge in [0.1, 0.15) is 12.6 Å². The zero-order valence-electron chi connectivity index (χ0n) is 18.9. The molecular weight excluding hydrogens is 394 g/mol. The lowest BCUT2D eigenvalue weighted by molar-refractivity contribution is -0.127. The molecule has 174 valence electrons. The minimum absolute atomic E-state index is 0.148. The van der Waals surface area contributed by atoms with Crippen molar-refractivity contribution in [2.75, 3.05) is 6.54 Å². The number of carbonyl (C=O) groups is 3. The highest BCUT2D eigenvalue weighted by Gasteiger charge is 2.17. The van der Waals surface area contributed by atoms with Crippen LogP contribution in [0.4, 0.5) is 4.79 Å². The van der Waals surface area contributed by atoms with Crippen LogP contribution in [0.25, 0.3) is 0 Å². The van der Waals surface area contributed by atoms with Crippen LogP contribution < -0.4 is 16.4 Å². The van der Waals surface area contributed by atoms with Crippen LogP contribution in [-0.4, -0.2) is 30.5 Å². The number of alkyl carbamates (subject to hydrolysis) is 1. The van der Waals surface area contributed by atoms with Crippen LogP contribution in [0.3, 0.4) is 0 Å². The summed E-state index contributed by atoms with van der Waals surface area (Å²) in [5.41, 5.74) is 6.37. The number of benzene rings is 1. The van der Waals surface area contributed by atoms with Gasteiger partial charge in [0.25, 0.3) is 0 Å². The maximum absolute atomic E-state index is 12.1. The second-order valence-electron chi connectivity index (χ2n) is 7.88. The van der Waals surface area contributed by atoms with Crippen LogP contribution in [0.2, 0.25) is 0 Å². The van der Waals surface area contributed by atoms with Crippen molar-refractivity contribution < 1.29 is 19.1 Å². The highest BCUT2D eigenvalue weighted by atomic mass is 16.5. The quantitative estimate of drug-likeness (QED) is 0.320. The van der Waals surface area contributed by atoms with E-state index in [9.17, 15) is 14.4 Å². The lowest BCUT2D eigenvalue weighted by Gasteiger charge is -2.15. The molecule has 0 spiro atoms. The van der Waals surface area contributed by atoms with Gasteiger partial charge >= 0.3 is 6.09 Å². The van der Waals surface area contributed by atoms with Crippen molar-refractivity contribution in [3.8, 4) is 0 Å². The number of nitrogens with one attached hydrogen (secondary N) is 2. The number of hydrogen-bond donors (Lipinski definition) is 3. The van der Waals surface area contributed by atoms with Crippen LogP contribution in [0, 0.1) is 0 Å². The van der Waals surface area contributed by atoms with E-state index in [1.54, 1.807) is 0 Å². The van der Waals surface area contributed by atoms with Gasteiger partial charge < -0.3 is 21.1 Å². The van der Waals surface area contributed by atoms with Crippen molar-refractivity contribution in [1.29, 1.82) is 0 Å². The van der Waals surface area contributed by atoms with Crippen LogP contribution >= 0.6 is 0 Å². The van der Waals surface area contributed by atoms with Crippen LogP contribution in [-0.2, 0) is 20.9 Å². The molecular formula is C24H39N3O4. The molecule has 0 aliphatic carbocycles. The zero-order chi connectivity index (χ0) is 22.7. The molecule has 0 aliphatic rings. The maximum atomic E-state index is 12.1. The monoisotopic (exact) mass is 433 g/mol. The molecule has 0 heterocycles. The highest BCUT2D eigenvalue weighted by Crippen LogP contribution is 2.09. The number of carbonyl (C=O) groups excluding carboxylic acids is 3. The van der Waals surface area contributed by atoms with Crippen molar-refractivity contribution in [1.82, 2.24) is 10.6 Å². The first-order valence-electron chi connectivity index (χ1n) is 11.6. The molecule has 1 atom stereocenters. The summed E-state index contributed by atoms with van der Waals surface area (Å²) in [6.45, 7) is 2.92. The number of amides is 3. The fourth-order valence-electron chi connectivity index (χ4n) is 3.23. The second kappa shape index (κ2) is 17.1. The minimum Gasteiger partial charge on any atom is -0.445 e. The molecule has 1 aromatic carbocycles. The third-order valence-electron chi connectivity index (χ3n) is 5.09. The van der Waals surface area contributed by atoms with E-state index in [4.69, 9.17) is 10.5 Å². The molecule has 0 fully saturated rings. The summed E-state index contributed by atoms with van der Waals surface area (Å²) in [5, 5.41) is 5.46. The molecule has 7 nitrogen and oxygen atoms in total. The van der Waals surface area contributed by atoms with Gasteiger partial charge in [-0.15, -0.1) is 0 Å². The lowest BCUT2D eigenvalue weighted by atomic mass is 10.0. The smallest absolute Gasteiger partial charge is 0.407 e. The van der Waals surface area contributed by atoms with E-state index in [1.807, 2.05) is 30.3 Å². The van der Waals surface area contributed by atoms with Gasteiger partial charge in [-0.05, 0) is 24.8 Å². The fourth-order valence-corrected chi connectivity index (χ4v) is 3.23. The van der Waals surface area contributed by atoms with Gasteiger partial charge in [0, 0.05) is 13.0 Å². The molecule has 0 bridgehead atoms. The largest absolute Gasteiger partial charge is 0.445 e. The summed E-state index contributed by atoms with van der Waals surface area (Å²) in [4.78, 5) is 35.3. The van der Waals surface area contributed by atoms with Gasteiger partial charge in [-0.25, -0.2) is 4.79 Å². The predicted octanol–water partition coefficient (Wildman–Crippen LogP) is 4.19. The van der Waals surface area contributed by atoms with Gasteiger partial charge in [-0.3, -0.25) is 9.59 Å². The summed E-state index contributed by atoms with van der Waals surface area (Å²) < 4.78 is 5.14. The number of hydrogen-bond acceptors (Lipinski definition) is 4. The molecule has 4 N–H and O–H groups in total. The zero-order valence-corrected chi connectivity index (χ0v) is 18.9. The number of unbranched alkanes of at least 4 members (excludes halogenated alkanes) is 7. The Bertz CT molecular complexity index is 637. The van der Waals surface area contributed by atoms with Gasteiger partial charge in [0.2, 0.25) is 11.8 Å². The summed E-state index contributed by atoms with van der Waals surface area (Å²) in [5.74, 6) is -0.620. The summed E-state index contributed by atoms with van der Waals surface area (Å²) >= 11 is 0. The standard InChI is InChI=1S/C24H39N3O4/c1-2-3-4-5-6-11-16-21(23(25)29)27-22(28)17-12-8-13-18-26-24(30)31-19-20-14-9-7-10-15-20/h7,9-10,14-15,21H,2-6,8,11-13,16-19H2,1H3,(H2,25,29)(H,26,30)(H,27,28)/t21-/m1/s1. The molecule has 1 rings (SSSR count). The average Bonchev–Trinajstić information content (AvgIpc) is 2.76. The molecule has 0 aromatic heterocycles. The molecule has 0 unspecified atom stereocenters. The van der Waals surface area contributed by atoms with Crippen molar-refractivity contribution in [3.63, 3.8) is 0 Å². The van der Waals surface area contributed by atoms with E-state index in [-0.39, 0.29) is 12.5 Å². The number of ether oxygens (including phenoxy) is 1. The van der Waals surface area contributed by atoms with E-state index in [1.165, 1.54) is 19.3 Å². The molecule has 0 saturated heterocycles. The molecule has 0 radical (unpaired) electrons. The molecule has 31 heavy (non-hydrogen) atoms. The normalized spacial score (nSPS) is 11.5. The Hall–Kier alpha value is -2.57. The molecule has 1 aromatic rings. The van der Waals surface area contributed by atoms with Gasteiger partial charge in [0.05, 0.1) is 0 Å². The first kappa shape index (κ1) is 26.5. The van der Waals surface area contributed by atoms with Crippen molar-refractivity contribution in [3.05, 3.63) is 35.9 Å². The Morgan fingerprint density at radius 2 is 1.61 bits per heavy atom. The maximum Gasteiger partial charge on any atom is 0.407 e. The Kier molecular flexibility index (Phi) is 14.6. The number of primary amides is 1. The Morgan fingerprint density at radius 1 is 0.935 bits per heavy atom. The van der Waals surface area contributed by atoms with Gasteiger partial charge in [-0.2, -0.15) is 0 Å². The first-order chi connectivity index (χ1) is 15.0. The number of nitrogens with two attached hydrogens (primary N) is 1. The van der Waals surface area contributed by atoms with E-state index >= 15 is 0 Å².